The Labute approximate surface area is 128 Å². The van der Waals surface area contributed by atoms with Crippen LogP contribution in [-0.2, 0) is 11.4 Å². The first-order chi connectivity index (χ1) is 9.63. The first-order valence-corrected chi connectivity index (χ1v) is 6.93. The third-order valence-electron chi connectivity index (χ3n) is 2.55. The maximum absolute atomic E-state index is 11.6. The van der Waals surface area contributed by atoms with Crippen molar-refractivity contribution >= 4 is 28.4 Å². The number of benzene rings is 1. The van der Waals surface area contributed by atoms with Crippen LogP contribution in [-0.4, -0.2) is 26.0 Å². The van der Waals surface area contributed by atoms with E-state index in [9.17, 15) is 4.79 Å². The van der Waals surface area contributed by atoms with Gasteiger partial charge in [0, 0.05) is 15.6 Å². The van der Waals surface area contributed by atoms with Gasteiger partial charge < -0.3 is 10.6 Å². The van der Waals surface area contributed by atoms with Gasteiger partial charge in [-0.3, -0.25) is 0 Å². The van der Waals surface area contributed by atoms with Crippen LogP contribution in [0.2, 0.25) is 0 Å². The quantitative estimate of drug-likeness (QED) is 0.340. The van der Waals surface area contributed by atoms with Crippen molar-refractivity contribution < 1.29 is 4.84 Å². The van der Waals surface area contributed by atoms with Gasteiger partial charge in [0.15, 0.2) is 0 Å². The summed E-state index contributed by atoms with van der Waals surface area (Å²) in [4.78, 5) is 16.8. The number of aromatic nitrogens is 4. The lowest BCUT2D eigenvalue weighted by atomic mass is 10.2. The number of tetrazole rings is 1. The molecule has 3 N–H and O–H groups in total. The Morgan fingerprint density at radius 2 is 2.40 bits per heavy atom. The van der Waals surface area contributed by atoms with Crippen LogP contribution in [0.4, 0.5) is 0 Å². The van der Waals surface area contributed by atoms with E-state index in [1.165, 1.54) is 4.68 Å². The van der Waals surface area contributed by atoms with E-state index < -0.39 is 5.69 Å². The normalized spacial score (nSPS) is 11.6. The molecule has 0 bridgehead atoms. The topological polar surface area (TPSA) is 111 Å². The molecule has 0 aliphatic rings. The van der Waals surface area contributed by atoms with E-state index in [2.05, 4.69) is 43.3 Å². The molecular weight excluding hydrogens is 375 g/mol. The van der Waals surface area contributed by atoms with Gasteiger partial charge in [0.25, 0.3) is 0 Å². The van der Waals surface area contributed by atoms with Crippen LogP contribution in [0.25, 0.3) is 5.69 Å². The fourth-order valence-corrected chi connectivity index (χ4v) is 2.13. The molecule has 0 unspecified atom stereocenters. The second-order valence-electron chi connectivity index (χ2n) is 3.87. The van der Waals surface area contributed by atoms with Crippen molar-refractivity contribution in [2.75, 3.05) is 0 Å². The molecule has 9 heteroatoms. The molecule has 0 fully saturated rings. The third kappa shape index (κ3) is 3.15. The lowest BCUT2D eigenvalue weighted by Gasteiger charge is -2.09. The van der Waals surface area contributed by atoms with Crippen LogP contribution in [0.5, 0.6) is 0 Å². The molecule has 0 aliphatic carbocycles. The summed E-state index contributed by atoms with van der Waals surface area (Å²) in [5.41, 5.74) is 6.55. The minimum absolute atomic E-state index is 0.189. The molecule has 2 aromatic rings. The van der Waals surface area contributed by atoms with Gasteiger partial charge in [-0.1, -0.05) is 18.1 Å². The van der Waals surface area contributed by atoms with Crippen LogP contribution in [0.15, 0.2) is 28.1 Å². The van der Waals surface area contributed by atoms with Gasteiger partial charge in [-0.2, -0.15) is 4.68 Å². The van der Waals surface area contributed by atoms with Crippen molar-refractivity contribution in [3.8, 4) is 5.69 Å². The predicted molar refractivity (Wildman–Crippen MR) is 81.4 cm³/mol. The molecule has 0 saturated heterocycles. The summed E-state index contributed by atoms with van der Waals surface area (Å²) in [7, 11) is 0. The summed E-state index contributed by atoms with van der Waals surface area (Å²) in [6, 6.07) is 5.49. The molecular formula is C11H13IN6O2. The van der Waals surface area contributed by atoms with Crippen molar-refractivity contribution in [1.29, 1.82) is 0 Å². The highest BCUT2D eigenvalue weighted by atomic mass is 127. The molecule has 0 saturated carbocycles. The number of H-pyrrole nitrogens is 1. The van der Waals surface area contributed by atoms with Crippen molar-refractivity contribution in [2.24, 2.45) is 10.9 Å². The van der Waals surface area contributed by atoms with Gasteiger partial charge in [0.05, 0.1) is 5.69 Å². The Morgan fingerprint density at radius 3 is 3.05 bits per heavy atom. The number of nitrogens with one attached hydrogen (secondary N) is 1. The summed E-state index contributed by atoms with van der Waals surface area (Å²) in [6.07, 6.45) is 0.613. The van der Waals surface area contributed by atoms with E-state index in [0.29, 0.717) is 17.9 Å². The smallest absolute Gasteiger partial charge is 0.365 e. The van der Waals surface area contributed by atoms with Crippen LogP contribution in [0.1, 0.15) is 18.9 Å². The number of halogens is 1. The fraction of sp³-hybridized carbons (Fsp3) is 0.273. The Kier molecular flexibility index (Phi) is 4.71. The SMILES string of the molecule is CC/C(N)=N\OCc1c(I)cccc1-n1nn[nH]c1=O. The maximum Gasteiger partial charge on any atom is 0.365 e. The second kappa shape index (κ2) is 6.50. The first-order valence-electron chi connectivity index (χ1n) is 5.86. The van der Waals surface area contributed by atoms with E-state index in [1.807, 2.05) is 19.1 Å². The average molecular weight is 388 g/mol. The Morgan fingerprint density at radius 1 is 1.60 bits per heavy atom. The standard InChI is InChI=1S/C11H13IN6O2/c1-2-10(13)15-20-6-7-8(12)4-3-5-9(7)18-11(19)14-16-17-18/h3-5H,2,6H2,1H3,(H2,13,15)(H,14,17,19). The van der Waals surface area contributed by atoms with Crippen LogP contribution >= 0.6 is 22.6 Å². The summed E-state index contributed by atoms with van der Waals surface area (Å²) in [5.74, 6) is 0.413. The number of amidine groups is 1. The van der Waals surface area contributed by atoms with Gasteiger partial charge in [-0.05, 0) is 45.2 Å². The molecule has 0 atom stereocenters. The summed E-state index contributed by atoms with van der Waals surface area (Å²) >= 11 is 2.16. The van der Waals surface area contributed by atoms with Crippen LogP contribution < -0.4 is 11.4 Å². The van der Waals surface area contributed by atoms with E-state index >= 15 is 0 Å². The number of oxime groups is 1. The number of hydrogen-bond donors (Lipinski definition) is 2. The van der Waals surface area contributed by atoms with Crippen molar-refractivity contribution in [3.05, 3.63) is 37.8 Å². The summed E-state index contributed by atoms with van der Waals surface area (Å²) in [6.45, 7) is 2.07. The van der Waals surface area contributed by atoms with Crippen LogP contribution in [0.3, 0.4) is 0 Å². The van der Waals surface area contributed by atoms with E-state index in [0.717, 1.165) is 9.13 Å². The highest BCUT2D eigenvalue weighted by Gasteiger charge is 2.12. The number of aromatic amines is 1. The van der Waals surface area contributed by atoms with Crippen LogP contribution in [0, 0.1) is 3.57 Å². The lowest BCUT2D eigenvalue weighted by Crippen LogP contribution is -2.18. The van der Waals surface area contributed by atoms with Gasteiger partial charge in [-0.25, -0.2) is 9.89 Å². The van der Waals surface area contributed by atoms with Gasteiger partial charge in [0.2, 0.25) is 0 Å². The van der Waals surface area contributed by atoms with Crippen molar-refractivity contribution in [2.45, 2.75) is 20.0 Å². The maximum atomic E-state index is 11.6. The van der Waals surface area contributed by atoms with E-state index in [-0.39, 0.29) is 6.61 Å². The molecule has 0 aliphatic heterocycles. The summed E-state index contributed by atoms with van der Waals surface area (Å²) < 4.78 is 2.11. The molecule has 1 aromatic carbocycles. The monoisotopic (exact) mass is 388 g/mol. The number of hydrogen-bond acceptors (Lipinski definition) is 5. The van der Waals surface area contributed by atoms with E-state index in [1.54, 1.807) is 6.07 Å². The molecule has 1 heterocycles. The zero-order valence-corrected chi connectivity index (χ0v) is 12.9. The minimum atomic E-state index is -0.412. The lowest BCUT2D eigenvalue weighted by molar-refractivity contribution is 0.129. The van der Waals surface area contributed by atoms with Crippen molar-refractivity contribution in [3.63, 3.8) is 0 Å². The largest absolute Gasteiger partial charge is 0.389 e. The number of nitrogens with zero attached hydrogens (tertiary/aromatic N) is 4. The summed E-state index contributed by atoms with van der Waals surface area (Å²) in [5, 5.41) is 13.2. The number of nitrogens with two attached hydrogens (primary N) is 1. The van der Waals surface area contributed by atoms with Gasteiger partial charge in [-0.15, -0.1) is 0 Å². The Hall–Kier alpha value is -1.91. The zero-order valence-electron chi connectivity index (χ0n) is 10.7. The predicted octanol–water partition coefficient (Wildman–Crippen LogP) is 0.759. The highest BCUT2D eigenvalue weighted by Crippen LogP contribution is 2.20. The molecule has 1 aromatic heterocycles. The minimum Gasteiger partial charge on any atom is -0.389 e. The molecule has 8 nitrogen and oxygen atoms in total. The molecule has 106 valence electrons. The third-order valence-corrected chi connectivity index (χ3v) is 3.56. The molecule has 0 radical (unpaired) electrons. The van der Waals surface area contributed by atoms with Gasteiger partial charge in [0.1, 0.15) is 12.4 Å². The average Bonchev–Trinajstić information content (AvgIpc) is 2.86. The number of rotatable bonds is 5. The van der Waals surface area contributed by atoms with Crippen molar-refractivity contribution in [1.82, 2.24) is 20.2 Å². The van der Waals surface area contributed by atoms with Gasteiger partial charge >= 0.3 is 5.69 Å². The first kappa shape index (κ1) is 14.5. The van der Waals surface area contributed by atoms with E-state index in [4.69, 9.17) is 10.6 Å². The highest BCUT2D eigenvalue weighted by molar-refractivity contribution is 14.1. The fourth-order valence-electron chi connectivity index (χ4n) is 1.49. The Bertz CT molecular complexity index is 678. The molecule has 20 heavy (non-hydrogen) atoms. The molecule has 0 spiro atoms. The Balaban J connectivity index is 2.33. The molecule has 0 amide bonds. The zero-order chi connectivity index (χ0) is 14.5. The molecule has 2 rings (SSSR count). The second-order valence-corrected chi connectivity index (χ2v) is 5.03.